The van der Waals surface area contributed by atoms with Gasteiger partial charge in [0, 0.05) is 23.9 Å². The molecule has 1 fully saturated rings. The molecule has 6 nitrogen and oxygen atoms in total. The fraction of sp³-hybridized carbons (Fsp3) is 0.348. The summed E-state index contributed by atoms with van der Waals surface area (Å²) >= 11 is 0. The highest BCUT2D eigenvalue weighted by Gasteiger charge is 2.20. The third kappa shape index (κ3) is 3.66. The number of ether oxygens (including phenoxy) is 1. The Morgan fingerprint density at radius 2 is 1.93 bits per heavy atom. The lowest BCUT2D eigenvalue weighted by molar-refractivity contribution is 0.122. The number of nitrogens with zero attached hydrogens (tertiary/aromatic N) is 4. The molecule has 4 rings (SSSR count). The average molecular weight is 405 g/mol. The molecule has 7 heteroatoms. The van der Waals surface area contributed by atoms with Crippen LogP contribution in [0.5, 0.6) is 0 Å². The number of nitrogens with one attached hydrogen (secondary N) is 1. The number of hydrogen-bond acceptors (Lipinski definition) is 6. The molecule has 0 radical (unpaired) electrons. The van der Waals surface area contributed by atoms with Gasteiger partial charge in [0.2, 0.25) is 0 Å². The van der Waals surface area contributed by atoms with Crippen LogP contribution in [-0.2, 0) is 4.74 Å². The summed E-state index contributed by atoms with van der Waals surface area (Å²) in [6, 6.07) is 11.2. The number of hydrogen-bond donors (Lipinski definition) is 1. The largest absolute Gasteiger partial charge is 0.378 e. The van der Waals surface area contributed by atoms with E-state index in [1.165, 1.54) is 0 Å². The second-order valence-corrected chi connectivity index (χ2v) is 7.58. The second-order valence-electron chi connectivity index (χ2n) is 7.58. The molecule has 0 bridgehead atoms. The molecule has 1 aromatic heterocycles. The van der Waals surface area contributed by atoms with Crippen LogP contribution in [0.25, 0.3) is 10.8 Å². The predicted octanol–water partition coefficient (Wildman–Crippen LogP) is 4.27. The minimum absolute atomic E-state index is 0.101. The van der Waals surface area contributed by atoms with Gasteiger partial charge in [0.1, 0.15) is 5.82 Å². The van der Waals surface area contributed by atoms with Gasteiger partial charge >= 0.3 is 0 Å². The molecule has 0 saturated carbocycles. The van der Waals surface area contributed by atoms with Crippen LogP contribution in [0, 0.1) is 31.0 Å². The van der Waals surface area contributed by atoms with E-state index in [0.29, 0.717) is 49.1 Å². The first-order valence-electron chi connectivity index (χ1n) is 10.0. The van der Waals surface area contributed by atoms with Crippen molar-refractivity contribution in [3.63, 3.8) is 0 Å². The monoisotopic (exact) mass is 405 g/mol. The van der Waals surface area contributed by atoms with Gasteiger partial charge in [0.15, 0.2) is 5.82 Å². The van der Waals surface area contributed by atoms with Gasteiger partial charge in [0.25, 0.3) is 0 Å². The van der Waals surface area contributed by atoms with Gasteiger partial charge < -0.3 is 15.0 Å². The van der Waals surface area contributed by atoms with Gasteiger partial charge in [0.05, 0.1) is 42.3 Å². The van der Waals surface area contributed by atoms with E-state index in [-0.39, 0.29) is 11.9 Å². The molecule has 1 saturated heterocycles. The molecule has 0 spiro atoms. The van der Waals surface area contributed by atoms with E-state index in [1.807, 2.05) is 49.9 Å². The Morgan fingerprint density at radius 1 is 1.17 bits per heavy atom. The van der Waals surface area contributed by atoms with Gasteiger partial charge in [-0.1, -0.05) is 12.1 Å². The summed E-state index contributed by atoms with van der Waals surface area (Å²) in [5.41, 5.74) is 3.83. The lowest BCUT2D eigenvalue weighted by Crippen LogP contribution is -2.36. The van der Waals surface area contributed by atoms with E-state index in [9.17, 15) is 9.65 Å². The summed E-state index contributed by atoms with van der Waals surface area (Å²) in [6.07, 6.45) is 0. The number of morpholine rings is 1. The molecule has 2 aromatic carbocycles. The van der Waals surface area contributed by atoms with Crippen LogP contribution in [0.4, 0.5) is 15.9 Å². The van der Waals surface area contributed by atoms with Gasteiger partial charge in [-0.05, 0) is 50.1 Å². The average Bonchev–Trinajstić information content (AvgIpc) is 2.76. The molecule has 1 N–H and O–H groups in total. The molecule has 0 unspecified atom stereocenters. The standard InChI is InChI=1S/C23H24FN5O/c1-14-17(13-25)5-4-6-18(14)15(2)26-23-20-12-22(29-7-9-30-10-8-29)21(24)11-19(20)16(3)27-28-23/h4-6,11-12,15H,7-10H2,1-3H3,(H,26,28)/t15-/m1/s1. The fourth-order valence-electron chi connectivity index (χ4n) is 3.97. The summed E-state index contributed by atoms with van der Waals surface area (Å²) in [4.78, 5) is 2.00. The SMILES string of the molecule is Cc1c(C#N)cccc1[C@@H](C)Nc1nnc(C)c2cc(F)c(N3CCOCC3)cc12. The molecule has 1 atom stereocenters. The first-order valence-corrected chi connectivity index (χ1v) is 10.0. The third-order valence-electron chi connectivity index (χ3n) is 5.70. The van der Waals surface area contributed by atoms with Crippen molar-refractivity contribution in [1.82, 2.24) is 10.2 Å². The lowest BCUT2D eigenvalue weighted by atomic mass is 9.98. The van der Waals surface area contributed by atoms with Gasteiger partial charge in [-0.15, -0.1) is 5.10 Å². The minimum atomic E-state index is -0.267. The van der Waals surface area contributed by atoms with Crippen LogP contribution < -0.4 is 10.2 Å². The van der Waals surface area contributed by atoms with Crippen LogP contribution >= 0.6 is 0 Å². The maximum absolute atomic E-state index is 14.9. The van der Waals surface area contributed by atoms with Crippen molar-refractivity contribution in [3.8, 4) is 6.07 Å². The van der Waals surface area contributed by atoms with Gasteiger partial charge in [-0.2, -0.15) is 10.4 Å². The van der Waals surface area contributed by atoms with E-state index in [0.717, 1.165) is 21.9 Å². The van der Waals surface area contributed by atoms with Crippen LogP contribution in [-0.4, -0.2) is 36.5 Å². The van der Waals surface area contributed by atoms with Crippen molar-refractivity contribution in [2.45, 2.75) is 26.8 Å². The molecular formula is C23H24FN5O. The number of nitriles is 1. The Labute approximate surface area is 175 Å². The van der Waals surface area contributed by atoms with Crippen molar-refractivity contribution in [2.75, 3.05) is 36.5 Å². The van der Waals surface area contributed by atoms with Crippen LogP contribution in [0.3, 0.4) is 0 Å². The van der Waals surface area contributed by atoms with Crippen molar-refractivity contribution >= 4 is 22.3 Å². The molecule has 3 aromatic rings. The number of fused-ring (bicyclic) bond motifs is 1. The maximum atomic E-state index is 14.9. The maximum Gasteiger partial charge on any atom is 0.157 e. The van der Waals surface area contributed by atoms with Crippen molar-refractivity contribution < 1.29 is 9.13 Å². The van der Waals surface area contributed by atoms with E-state index in [4.69, 9.17) is 4.74 Å². The highest BCUT2D eigenvalue weighted by Crippen LogP contribution is 2.33. The molecule has 154 valence electrons. The number of benzene rings is 2. The van der Waals surface area contributed by atoms with Gasteiger partial charge in [-0.25, -0.2) is 4.39 Å². The highest BCUT2D eigenvalue weighted by atomic mass is 19.1. The van der Waals surface area contributed by atoms with E-state index < -0.39 is 0 Å². The van der Waals surface area contributed by atoms with Crippen LogP contribution in [0.1, 0.15) is 35.3 Å². The molecule has 1 aliphatic heterocycles. The van der Waals surface area contributed by atoms with Crippen molar-refractivity contribution in [3.05, 3.63) is 58.5 Å². The molecule has 30 heavy (non-hydrogen) atoms. The van der Waals surface area contributed by atoms with Crippen LogP contribution in [0.15, 0.2) is 30.3 Å². The molecular weight excluding hydrogens is 381 g/mol. The first kappa shape index (κ1) is 20.0. The Bertz CT molecular complexity index is 1130. The number of halogens is 1. The zero-order valence-electron chi connectivity index (χ0n) is 17.4. The Morgan fingerprint density at radius 3 is 2.67 bits per heavy atom. The summed E-state index contributed by atoms with van der Waals surface area (Å²) in [5.74, 6) is 0.330. The number of aromatic nitrogens is 2. The molecule has 0 amide bonds. The summed E-state index contributed by atoms with van der Waals surface area (Å²) in [7, 11) is 0. The summed E-state index contributed by atoms with van der Waals surface area (Å²) in [5, 5.41) is 22.9. The predicted molar refractivity (Wildman–Crippen MR) is 115 cm³/mol. The molecule has 2 heterocycles. The molecule has 1 aliphatic rings. The second kappa shape index (κ2) is 8.25. The summed E-state index contributed by atoms with van der Waals surface area (Å²) in [6.45, 7) is 8.26. The van der Waals surface area contributed by atoms with Crippen LogP contribution in [0.2, 0.25) is 0 Å². The van der Waals surface area contributed by atoms with Crippen molar-refractivity contribution in [2.24, 2.45) is 0 Å². The summed E-state index contributed by atoms with van der Waals surface area (Å²) < 4.78 is 20.3. The van der Waals surface area contributed by atoms with E-state index in [2.05, 4.69) is 21.6 Å². The normalized spacial score (nSPS) is 15.1. The Kier molecular flexibility index (Phi) is 5.51. The zero-order valence-corrected chi connectivity index (χ0v) is 17.4. The Hall–Kier alpha value is -3.24. The first-order chi connectivity index (χ1) is 14.5. The topological polar surface area (TPSA) is 74.1 Å². The molecule has 0 aliphatic carbocycles. The van der Waals surface area contributed by atoms with Gasteiger partial charge in [-0.3, -0.25) is 0 Å². The fourth-order valence-corrected chi connectivity index (χ4v) is 3.97. The number of rotatable bonds is 4. The smallest absolute Gasteiger partial charge is 0.157 e. The number of aryl methyl sites for hydroxylation is 1. The number of anilines is 2. The lowest BCUT2D eigenvalue weighted by Gasteiger charge is -2.29. The third-order valence-corrected chi connectivity index (χ3v) is 5.70. The minimum Gasteiger partial charge on any atom is -0.378 e. The zero-order chi connectivity index (χ0) is 21.3. The Balaban J connectivity index is 1.75. The highest BCUT2D eigenvalue weighted by molar-refractivity contribution is 5.95. The van der Waals surface area contributed by atoms with Crippen molar-refractivity contribution in [1.29, 1.82) is 5.26 Å². The van der Waals surface area contributed by atoms with E-state index in [1.54, 1.807) is 6.07 Å². The van der Waals surface area contributed by atoms with E-state index >= 15 is 0 Å². The quantitative estimate of drug-likeness (QED) is 0.699.